The summed E-state index contributed by atoms with van der Waals surface area (Å²) in [6.07, 6.45) is 5.94. The largest absolute Gasteiger partial charge is 0.370 e. The average Bonchev–Trinajstić information content (AvgIpc) is 2.74. The molecule has 4 rings (SSSR count). The Balaban J connectivity index is 1.41. The van der Waals surface area contributed by atoms with E-state index >= 15 is 0 Å². The van der Waals surface area contributed by atoms with Crippen LogP contribution in [0.15, 0.2) is 42.7 Å². The van der Waals surface area contributed by atoms with Crippen molar-refractivity contribution >= 4 is 17.3 Å². The number of carbonyl (C=O) groups is 1. The summed E-state index contributed by atoms with van der Waals surface area (Å²) in [6.45, 7) is 6.72. The van der Waals surface area contributed by atoms with E-state index in [-0.39, 0.29) is 11.7 Å². The molecule has 28 heavy (non-hydrogen) atoms. The summed E-state index contributed by atoms with van der Waals surface area (Å²) in [5.74, 6) is 0.460. The first kappa shape index (κ1) is 18.7. The first-order chi connectivity index (χ1) is 13.6. The number of nitrogens with zero attached hydrogens (tertiary/aromatic N) is 4. The van der Waals surface area contributed by atoms with Crippen LogP contribution in [0, 0.1) is 11.7 Å². The molecule has 6 heteroatoms. The van der Waals surface area contributed by atoms with Gasteiger partial charge in [-0.15, -0.1) is 0 Å². The van der Waals surface area contributed by atoms with Gasteiger partial charge in [0.25, 0.3) is 5.91 Å². The molecule has 1 amide bonds. The van der Waals surface area contributed by atoms with Gasteiger partial charge in [-0.3, -0.25) is 9.78 Å². The molecule has 2 saturated heterocycles. The van der Waals surface area contributed by atoms with Gasteiger partial charge in [-0.05, 0) is 37.0 Å². The number of rotatable bonds is 3. The maximum atomic E-state index is 14.0. The van der Waals surface area contributed by atoms with Gasteiger partial charge >= 0.3 is 0 Å². The number of piperazine rings is 1. The van der Waals surface area contributed by atoms with Crippen molar-refractivity contribution in [2.24, 2.45) is 5.92 Å². The van der Waals surface area contributed by atoms with Crippen LogP contribution in [0.4, 0.5) is 15.8 Å². The zero-order valence-corrected chi connectivity index (χ0v) is 16.4. The molecule has 2 aliphatic rings. The number of para-hydroxylation sites is 1. The number of amides is 1. The number of benzene rings is 1. The summed E-state index contributed by atoms with van der Waals surface area (Å²) in [5.41, 5.74) is 2.27. The lowest BCUT2D eigenvalue weighted by Crippen LogP contribution is -2.49. The highest BCUT2D eigenvalue weighted by molar-refractivity contribution is 5.95. The van der Waals surface area contributed by atoms with Crippen molar-refractivity contribution in [2.45, 2.75) is 19.8 Å². The Morgan fingerprint density at radius 3 is 2.61 bits per heavy atom. The fourth-order valence-corrected chi connectivity index (χ4v) is 4.18. The fourth-order valence-electron chi connectivity index (χ4n) is 4.18. The molecule has 2 fully saturated rings. The highest BCUT2D eigenvalue weighted by Gasteiger charge is 2.25. The van der Waals surface area contributed by atoms with E-state index in [0.717, 1.165) is 18.8 Å². The van der Waals surface area contributed by atoms with Crippen molar-refractivity contribution in [3.8, 4) is 0 Å². The minimum Gasteiger partial charge on any atom is -0.370 e. The van der Waals surface area contributed by atoms with E-state index in [4.69, 9.17) is 0 Å². The monoisotopic (exact) mass is 382 g/mol. The van der Waals surface area contributed by atoms with Crippen LogP contribution in [-0.4, -0.2) is 55.1 Å². The lowest BCUT2D eigenvalue weighted by molar-refractivity contribution is 0.0746. The molecule has 3 heterocycles. The van der Waals surface area contributed by atoms with Gasteiger partial charge in [0.1, 0.15) is 5.82 Å². The van der Waals surface area contributed by atoms with E-state index in [0.29, 0.717) is 43.3 Å². The predicted octanol–water partition coefficient (Wildman–Crippen LogP) is 3.42. The van der Waals surface area contributed by atoms with E-state index in [9.17, 15) is 9.18 Å². The van der Waals surface area contributed by atoms with Crippen LogP contribution in [0.25, 0.3) is 0 Å². The molecule has 0 spiro atoms. The third-order valence-corrected chi connectivity index (χ3v) is 5.75. The van der Waals surface area contributed by atoms with Crippen molar-refractivity contribution in [2.75, 3.05) is 49.1 Å². The topological polar surface area (TPSA) is 39.7 Å². The Labute approximate surface area is 165 Å². The van der Waals surface area contributed by atoms with Gasteiger partial charge in [0.15, 0.2) is 0 Å². The van der Waals surface area contributed by atoms with Gasteiger partial charge < -0.3 is 14.7 Å². The predicted molar refractivity (Wildman–Crippen MR) is 109 cm³/mol. The van der Waals surface area contributed by atoms with E-state index < -0.39 is 0 Å². The summed E-state index contributed by atoms with van der Waals surface area (Å²) in [7, 11) is 0. The van der Waals surface area contributed by atoms with Crippen LogP contribution < -0.4 is 9.80 Å². The minimum atomic E-state index is -0.213. The molecule has 0 radical (unpaired) electrons. The molecule has 5 nitrogen and oxygen atoms in total. The molecule has 0 N–H and O–H groups in total. The van der Waals surface area contributed by atoms with E-state index in [1.54, 1.807) is 18.3 Å². The first-order valence-corrected chi connectivity index (χ1v) is 10.1. The van der Waals surface area contributed by atoms with Crippen molar-refractivity contribution in [3.05, 3.63) is 54.1 Å². The maximum absolute atomic E-state index is 14.0. The number of piperidine rings is 1. The van der Waals surface area contributed by atoms with Gasteiger partial charge in [0.2, 0.25) is 0 Å². The SMILES string of the molecule is CC1CCCN(c2cncc(C(=O)N3CCN(c4ccccc4F)CC3)c2)C1. The lowest BCUT2D eigenvalue weighted by Gasteiger charge is -2.36. The molecule has 148 valence electrons. The second kappa shape index (κ2) is 8.17. The van der Waals surface area contributed by atoms with E-state index in [2.05, 4.69) is 16.8 Å². The molecule has 2 aliphatic heterocycles. The van der Waals surface area contributed by atoms with E-state index in [1.807, 2.05) is 28.1 Å². The molecular weight excluding hydrogens is 355 g/mol. The summed E-state index contributed by atoms with van der Waals surface area (Å²) >= 11 is 0. The number of halogens is 1. The Morgan fingerprint density at radius 1 is 1.07 bits per heavy atom. The number of carbonyl (C=O) groups excluding carboxylic acids is 1. The number of anilines is 2. The summed E-state index contributed by atoms with van der Waals surface area (Å²) in [4.78, 5) is 23.5. The quantitative estimate of drug-likeness (QED) is 0.816. The molecule has 2 aromatic rings. The minimum absolute atomic E-state index is 0.00703. The van der Waals surface area contributed by atoms with Gasteiger partial charge in [0, 0.05) is 45.5 Å². The molecule has 0 aliphatic carbocycles. The zero-order chi connectivity index (χ0) is 19.5. The third-order valence-electron chi connectivity index (χ3n) is 5.75. The van der Waals surface area contributed by atoms with Crippen LogP contribution in [0.5, 0.6) is 0 Å². The van der Waals surface area contributed by atoms with Crippen LogP contribution in [0.2, 0.25) is 0 Å². The zero-order valence-electron chi connectivity index (χ0n) is 16.4. The molecule has 1 unspecified atom stereocenters. The van der Waals surface area contributed by atoms with Crippen LogP contribution in [-0.2, 0) is 0 Å². The van der Waals surface area contributed by atoms with Crippen LogP contribution in [0.3, 0.4) is 0 Å². The number of hydrogen-bond donors (Lipinski definition) is 0. The van der Waals surface area contributed by atoms with Gasteiger partial charge in [-0.25, -0.2) is 4.39 Å². The second-order valence-corrected chi connectivity index (χ2v) is 7.86. The standard InChI is InChI=1S/C22H27FN4O/c1-17-5-4-8-27(16-17)19-13-18(14-24-15-19)22(28)26-11-9-25(10-12-26)21-7-3-2-6-20(21)23/h2-3,6-7,13-15,17H,4-5,8-12,16H2,1H3. The van der Waals surface area contributed by atoms with Crippen molar-refractivity contribution < 1.29 is 9.18 Å². The molecule has 1 aromatic carbocycles. The number of aromatic nitrogens is 1. The third kappa shape index (κ3) is 3.96. The van der Waals surface area contributed by atoms with Crippen molar-refractivity contribution in [1.29, 1.82) is 0 Å². The van der Waals surface area contributed by atoms with Crippen molar-refractivity contribution in [3.63, 3.8) is 0 Å². The normalized spacial score (nSPS) is 20.4. The Kier molecular flexibility index (Phi) is 5.46. The smallest absolute Gasteiger partial charge is 0.255 e. The lowest BCUT2D eigenvalue weighted by atomic mass is 10.00. The van der Waals surface area contributed by atoms with Gasteiger partial charge in [0.05, 0.1) is 23.1 Å². The highest BCUT2D eigenvalue weighted by Crippen LogP contribution is 2.24. The molecule has 0 bridgehead atoms. The maximum Gasteiger partial charge on any atom is 0.255 e. The molecular formula is C22H27FN4O. The summed E-state index contributed by atoms with van der Waals surface area (Å²) in [6, 6.07) is 8.78. The molecule has 0 saturated carbocycles. The second-order valence-electron chi connectivity index (χ2n) is 7.86. The van der Waals surface area contributed by atoms with Crippen LogP contribution >= 0.6 is 0 Å². The van der Waals surface area contributed by atoms with E-state index in [1.165, 1.54) is 18.9 Å². The first-order valence-electron chi connectivity index (χ1n) is 10.1. The molecule has 1 atom stereocenters. The Hall–Kier alpha value is -2.63. The molecule has 1 aromatic heterocycles. The fraction of sp³-hybridized carbons (Fsp3) is 0.455. The average molecular weight is 382 g/mol. The highest BCUT2D eigenvalue weighted by atomic mass is 19.1. The number of pyridine rings is 1. The summed E-state index contributed by atoms with van der Waals surface area (Å²) < 4.78 is 14.0. The van der Waals surface area contributed by atoms with Gasteiger partial charge in [-0.1, -0.05) is 19.1 Å². The number of hydrogen-bond acceptors (Lipinski definition) is 4. The summed E-state index contributed by atoms with van der Waals surface area (Å²) in [5, 5.41) is 0. The Bertz CT molecular complexity index is 835. The van der Waals surface area contributed by atoms with Crippen LogP contribution in [0.1, 0.15) is 30.1 Å². The van der Waals surface area contributed by atoms with Crippen molar-refractivity contribution in [1.82, 2.24) is 9.88 Å². The Morgan fingerprint density at radius 2 is 1.86 bits per heavy atom. The van der Waals surface area contributed by atoms with Gasteiger partial charge in [-0.2, -0.15) is 0 Å².